The van der Waals surface area contributed by atoms with Gasteiger partial charge in [0.2, 0.25) is 5.91 Å². The number of likely N-dealkylation sites (tertiary alicyclic amines) is 1. The largest absolute Gasteiger partial charge is 0.391 e. The van der Waals surface area contributed by atoms with Gasteiger partial charge in [0, 0.05) is 19.8 Å². The van der Waals surface area contributed by atoms with Crippen molar-refractivity contribution in [2.75, 3.05) is 6.54 Å². The second-order valence-corrected chi connectivity index (χ2v) is 6.33. The lowest BCUT2D eigenvalue weighted by molar-refractivity contribution is -0.132. The third-order valence-electron chi connectivity index (χ3n) is 3.97. The lowest BCUT2D eigenvalue weighted by Gasteiger charge is -2.26. The Kier molecular flexibility index (Phi) is 4.07. The maximum Gasteiger partial charge on any atom is 0.227 e. The van der Waals surface area contributed by atoms with E-state index in [4.69, 9.17) is 0 Å². The van der Waals surface area contributed by atoms with Crippen molar-refractivity contribution >= 4 is 17.2 Å². The molecule has 1 N–H and O–H groups in total. The molecule has 2 aromatic heterocycles. The van der Waals surface area contributed by atoms with Crippen molar-refractivity contribution in [3.8, 4) is 0 Å². The summed E-state index contributed by atoms with van der Waals surface area (Å²) in [5.41, 5.74) is 2.10. The van der Waals surface area contributed by atoms with Gasteiger partial charge in [0.15, 0.2) is 0 Å². The van der Waals surface area contributed by atoms with Gasteiger partial charge in [-0.2, -0.15) is 16.4 Å². The molecule has 0 spiro atoms. The molecule has 21 heavy (non-hydrogen) atoms. The molecule has 5 nitrogen and oxygen atoms in total. The highest BCUT2D eigenvalue weighted by atomic mass is 32.1. The molecule has 6 heteroatoms. The number of nitrogens with zero attached hydrogens (tertiary/aromatic N) is 3. The van der Waals surface area contributed by atoms with Crippen LogP contribution in [0.5, 0.6) is 0 Å². The van der Waals surface area contributed by atoms with E-state index < -0.39 is 6.10 Å². The van der Waals surface area contributed by atoms with E-state index in [1.165, 1.54) is 0 Å². The van der Waals surface area contributed by atoms with E-state index in [-0.39, 0.29) is 11.9 Å². The van der Waals surface area contributed by atoms with Crippen LogP contribution in [-0.4, -0.2) is 44.4 Å². The molecular weight excluding hydrogens is 286 g/mol. The number of aromatic nitrogens is 2. The molecule has 0 aliphatic carbocycles. The lowest BCUT2D eigenvalue weighted by atomic mass is 10.0. The summed E-state index contributed by atoms with van der Waals surface area (Å²) >= 11 is 1.60. The second kappa shape index (κ2) is 5.99. The van der Waals surface area contributed by atoms with E-state index in [0.717, 1.165) is 11.1 Å². The summed E-state index contributed by atoms with van der Waals surface area (Å²) in [5, 5.41) is 18.3. The van der Waals surface area contributed by atoms with Crippen molar-refractivity contribution in [2.45, 2.75) is 31.4 Å². The van der Waals surface area contributed by atoms with Crippen LogP contribution in [0.15, 0.2) is 29.2 Å². The fraction of sp³-hybridized carbons (Fsp3) is 0.467. The Morgan fingerprint density at radius 1 is 1.52 bits per heavy atom. The molecule has 1 saturated heterocycles. The Bertz CT molecular complexity index is 608. The van der Waals surface area contributed by atoms with Gasteiger partial charge in [-0.1, -0.05) is 0 Å². The van der Waals surface area contributed by atoms with Crippen molar-refractivity contribution in [1.82, 2.24) is 14.7 Å². The summed E-state index contributed by atoms with van der Waals surface area (Å²) in [5.74, 6) is 0.0961. The summed E-state index contributed by atoms with van der Waals surface area (Å²) in [4.78, 5) is 14.3. The van der Waals surface area contributed by atoms with Gasteiger partial charge in [-0.15, -0.1) is 0 Å². The Labute approximate surface area is 127 Å². The second-order valence-electron chi connectivity index (χ2n) is 5.55. The van der Waals surface area contributed by atoms with E-state index in [1.54, 1.807) is 22.2 Å². The number of hydrogen-bond donors (Lipinski definition) is 1. The first-order valence-corrected chi connectivity index (χ1v) is 8.04. The van der Waals surface area contributed by atoms with E-state index in [0.29, 0.717) is 25.8 Å². The number of hydrogen-bond acceptors (Lipinski definition) is 4. The van der Waals surface area contributed by atoms with E-state index in [2.05, 4.69) is 5.10 Å². The van der Waals surface area contributed by atoms with Crippen LogP contribution in [0.3, 0.4) is 0 Å². The van der Waals surface area contributed by atoms with E-state index in [1.807, 2.05) is 35.0 Å². The third-order valence-corrected chi connectivity index (χ3v) is 4.70. The Morgan fingerprint density at radius 3 is 3.05 bits per heavy atom. The standard InChI is InChI=1S/C15H19N3O2S/c1-17-9-12(8-16-17)6-13-14(19)2-4-18(13)15(20)7-11-3-5-21-10-11/h3,5,8-10,13-14,19H,2,4,6-7H2,1H3/t13-,14+/m1/s1. The summed E-state index contributed by atoms with van der Waals surface area (Å²) in [6, 6.07) is 1.84. The van der Waals surface area contributed by atoms with Gasteiger partial charge < -0.3 is 10.0 Å². The summed E-state index contributed by atoms with van der Waals surface area (Å²) in [7, 11) is 1.87. The summed E-state index contributed by atoms with van der Waals surface area (Å²) in [6.45, 7) is 0.634. The predicted octanol–water partition coefficient (Wildman–Crippen LogP) is 1.23. The minimum absolute atomic E-state index is 0.0961. The molecule has 0 bridgehead atoms. The molecule has 2 aromatic rings. The van der Waals surface area contributed by atoms with Gasteiger partial charge >= 0.3 is 0 Å². The number of carbonyl (C=O) groups excluding carboxylic acids is 1. The van der Waals surface area contributed by atoms with Gasteiger partial charge in [0.05, 0.1) is 24.8 Å². The minimum atomic E-state index is -0.448. The predicted molar refractivity (Wildman–Crippen MR) is 81.1 cm³/mol. The molecule has 112 valence electrons. The monoisotopic (exact) mass is 305 g/mol. The smallest absolute Gasteiger partial charge is 0.227 e. The van der Waals surface area contributed by atoms with Crippen LogP contribution in [0.1, 0.15) is 17.5 Å². The van der Waals surface area contributed by atoms with Gasteiger partial charge in [-0.05, 0) is 40.8 Å². The lowest BCUT2D eigenvalue weighted by Crippen LogP contribution is -2.41. The van der Waals surface area contributed by atoms with Crippen molar-refractivity contribution in [3.05, 3.63) is 40.3 Å². The van der Waals surface area contributed by atoms with Crippen molar-refractivity contribution in [3.63, 3.8) is 0 Å². The molecule has 0 radical (unpaired) electrons. The first kappa shape index (κ1) is 14.3. The van der Waals surface area contributed by atoms with Crippen LogP contribution in [0.4, 0.5) is 0 Å². The molecule has 0 unspecified atom stereocenters. The quantitative estimate of drug-likeness (QED) is 0.924. The molecule has 0 saturated carbocycles. The Hall–Kier alpha value is -1.66. The number of rotatable bonds is 4. The molecular formula is C15H19N3O2S. The highest BCUT2D eigenvalue weighted by molar-refractivity contribution is 7.07. The van der Waals surface area contributed by atoms with Crippen LogP contribution in [0, 0.1) is 0 Å². The number of amides is 1. The maximum absolute atomic E-state index is 12.5. The molecule has 1 amide bonds. The number of aliphatic hydroxyl groups excluding tert-OH is 1. The first-order chi connectivity index (χ1) is 10.1. The minimum Gasteiger partial charge on any atom is -0.391 e. The highest BCUT2D eigenvalue weighted by Gasteiger charge is 2.35. The van der Waals surface area contributed by atoms with Crippen molar-refractivity contribution < 1.29 is 9.90 Å². The van der Waals surface area contributed by atoms with E-state index in [9.17, 15) is 9.90 Å². The van der Waals surface area contributed by atoms with Crippen molar-refractivity contribution in [1.29, 1.82) is 0 Å². The van der Waals surface area contributed by atoms with Crippen molar-refractivity contribution in [2.24, 2.45) is 7.05 Å². The average Bonchev–Trinajstić information content (AvgIpc) is 3.15. The van der Waals surface area contributed by atoms with Gasteiger partial charge in [-0.3, -0.25) is 9.48 Å². The number of aliphatic hydroxyl groups is 1. The fourth-order valence-corrected chi connectivity index (χ4v) is 3.55. The summed E-state index contributed by atoms with van der Waals surface area (Å²) in [6.07, 6.45) is 5.01. The molecule has 1 aliphatic heterocycles. The van der Waals surface area contributed by atoms with Crippen LogP contribution >= 0.6 is 11.3 Å². The fourth-order valence-electron chi connectivity index (χ4n) is 2.88. The zero-order valence-electron chi connectivity index (χ0n) is 12.0. The molecule has 2 atom stereocenters. The van der Waals surface area contributed by atoms with Gasteiger partial charge in [0.1, 0.15) is 0 Å². The number of carbonyl (C=O) groups is 1. The average molecular weight is 305 g/mol. The molecule has 1 fully saturated rings. The van der Waals surface area contributed by atoms with Gasteiger partial charge in [0.25, 0.3) is 0 Å². The van der Waals surface area contributed by atoms with Gasteiger partial charge in [-0.25, -0.2) is 0 Å². The maximum atomic E-state index is 12.5. The molecule has 3 rings (SSSR count). The topological polar surface area (TPSA) is 58.4 Å². The summed E-state index contributed by atoms with van der Waals surface area (Å²) < 4.78 is 1.74. The van der Waals surface area contributed by atoms with Crippen LogP contribution in [0.25, 0.3) is 0 Å². The van der Waals surface area contributed by atoms with Crippen LogP contribution in [0.2, 0.25) is 0 Å². The molecule has 3 heterocycles. The normalized spacial score (nSPS) is 21.9. The Morgan fingerprint density at radius 2 is 2.38 bits per heavy atom. The van der Waals surface area contributed by atoms with Crippen LogP contribution in [-0.2, 0) is 24.7 Å². The van der Waals surface area contributed by atoms with E-state index >= 15 is 0 Å². The Balaban J connectivity index is 1.69. The number of thiophene rings is 1. The zero-order chi connectivity index (χ0) is 14.8. The number of aryl methyl sites for hydroxylation is 1. The SMILES string of the molecule is Cn1cc(C[C@@H]2[C@@H](O)CCN2C(=O)Cc2ccsc2)cn1. The third kappa shape index (κ3) is 3.16. The molecule has 0 aromatic carbocycles. The first-order valence-electron chi connectivity index (χ1n) is 7.09. The molecule has 1 aliphatic rings. The van der Waals surface area contributed by atoms with Crippen LogP contribution < -0.4 is 0 Å². The zero-order valence-corrected chi connectivity index (χ0v) is 12.8. The highest BCUT2D eigenvalue weighted by Crippen LogP contribution is 2.23.